The highest BCUT2D eigenvalue weighted by Crippen LogP contribution is 2.29. The summed E-state index contributed by atoms with van der Waals surface area (Å²) >= 11 is 0. The predicted octanol–water partition coefficient (Wildman–Crippen LogP) is 2.03. The van der Waals surface area contributed by atoms with Crippen LogP contribution in [-0.4, -0.2) is 16.9 Å². The van der Waals surface area contributed by atoms with Crippen molar-refractivity contribution < 1.29 is 9.47 Å². The lowest BCUT2D eigenvalue weighted by molar-refractivity contribution is 0.293. The molecule has 1 aromatic carbocycles. The highest BCUT2D eigenvalue weighted by atomic mass is 16.5. The summed E-state index contributed by atoms with van der Waals surface area (Å²) in [6.45, 7) is 2.34. The van der Waals surface area contributed by atoms with Gasteiger partial charge in [0.05, 0.1) is 12.8 Å². The molecule has 0 spiro atoms. The standard InChI is InChI=1S/C14H19N3O2/c1-10(15)13-5-4-12(18-3)8-14(13)19-9-11-6-7-17(2)16-11/h4-8,10H,9,15H2,1-3H3/t10-/m0/s1. The van der Waals surface area contributed by atoms with E-state index in [1.165, 1.54) is 0 Å². The molecule has 2 rings (SSSR count). The summed E-state index contributed by atoms with van der Waals surface area (Å²) in [7, 11) is 3.51. The zero-order chi connectivity index (χ0) is 13.8. The van der Waals surface area contributed by atoms with E-state index >= 15 is 0 Å². The Morgan fingerprint density at radius 3 is 2.74 bits per heavy atom. The van der Waals surface area contributed by atoms with Crippen LogP contribution < -0.4 is 15.2 Å². The van der Waals surface area contributed by atoms with Gasteiger partial charge in [-0.1, -0.05) is 6.07 Å². The van der Waals surface area contributed by atoms with Gasteiger partial charge in [-0.25, -0.2) is 0 Å². The molecular weight excluding hydrogens is 242 g/mol. The van der Waals surface area contributed by atoms with Gasteiger partial charge in [-0.05, 0) is 19.1 Å². The summed E-state index contributed by atoms with van der Waals surface area (Å²) < 4.78 is 12.8. The fourth-order valence-electron chi connectivity index (χ4n) is 1.83. The third-order valence-electron chi connectivity index (χ3n) is 2.86. The van der Waals surface area contributed by atoms with Crippen LogP contribution >= 0.6 is 0 Å². The molecule has 102 valence electrons. The molecule has 19 heavy (non-hydrogen) atoms. The minimum Gasteiger partial charge on any atom is -0.497 e. The lowest BCUT2D eigenvalue weighted by Crippen LogP contribution is -2.08. The minimum atomic E-state index is -0.0929. The van der Waals surface area contributed by atoms with Crippen LogP contribution in [0.2, 0.25) is 0 Å². The molecule has 0 aliphatic heterocycles. The van der Waals surface area contributed by atoms with Crippen molar-refractivity contribution in [3.8, 4) is 11.5 Å². The first kappa shape index (κ1) is 13.4. The Bertz CT molecular complexity index is 549. The van der Waals surface area contributed by atoms with Crippen LogP contribution in [0.4, 0.5) is 0 Å². The molecule has 0 radical (unpaired) electrons. The average Bonchev–Trinajstić information content (AvgIpc) is 2.81. The molecule has 1 atom stereocenters. The van der Waals surface area contributed by atoms with E-state index in [0.29, 0.717) is 6.61 Å². The number of rotatable bonds is 5. The molecule has 0 unspecified atom stereocenters. The third kappa shape index (κ3) is 3.26. The Hall–Kier alpha value is -2.01. The molecular formula is C14H19N3O2. The van der Waals surface area contributed by atoms with Gasteiger partial charge in [-0.15, -0.1) is 0 Å². The first-order valence-corrected chi connectivity index (χ1v) is 6.15. The largest absolute Gasteiger partial charge is 0.497 e. The lowest BCUT2D eigenvalue weighted by Gasteiger charge is -2.14. The van der Waals surface area contributed by atoms with E-state index < -0.39 is 0 Å². The Morgan fingerprint density at radius 2 is 2.16 bits per heavy atom. The van der Waals surface area contributed by atoms with Gasteiger partial charge in [-0.2, -0.15) is 5.10 Å². The van der Waals surface area contributed by atoms with Gasteiger partial charge in [0.2, 0.25) is 0 Å². The zero-order valence-corrected chi connectivity index (χ0v) is 11.5. The summed E-state index contributed by atoms with van der Waals surface area (Å²) in [5.41, 5.74) is 7.77. The number of benzene rings is 1. The number of ether oxygens (including phenoxy) is 2. The Morgan fingerprint density at radius 1 is 1.37 bits per heavy atom. The predicted molar refractivity (Wildman–Crippen MR) is 73.1 cm³/mol. The Balaban J connectivity index is 2.17. The number of hydrogen-bond acceptors (Lipinski definition) is 4. The molecule has 5 heteroatoms. The first-order valence-electron chi connectivity index (χ1n) is 6.15. The number of methoxy groups -OCH3 is 1. The van der Waals surface area contributed by atoms with Crippen molar-refractivity contribution in [3.05, 3.63) is 41.7 Å². The second kappa shape index (κ2) is 5.75. The second-order valence-electron chi connectivity index (χ2n) is 4.46. The van der Waals surface area contributed by atoms with Gasteiger partial charge < -0.3 is 15.2 Å². The van der Waals surface area contributed by atoms with Crippen LogP contribution in [0.5, 0.6) is 11.5 Å². The molecule has 2 aromatic rings. The second-order valence-corrected chi connectivity index (χ2v) is 4.46. The van der Waals surface area contributed by atoms with E-state index in [1.807, 2.05) is 44.4 Å². The molecule has 0 amide bonds. The highest BCUT2D eigenvalue weighted by molar-refractivity contribution is 5.42. The molecule has 0 saturated carbocycles. The maximum atomic E-state index is 5.94. The monoisotopic (exact) mass is 261 g/mol. The molecule has 5 nitrogen and oxygen atoms in total. The van der Waals surface area contributed by atoms with Crippen molar-refractivity contribution in [2.24, 2.45) is 12.8 Å². The molecule has 1 aromatic heterocycles. The van der Waals surface area contributed by atoms with Crippen molar-refractivity contribution in [3.63, 3.8) is 0 Å². The highest BCUT2D eigenvalue weighted by Gasteiger charge is 2.10. The number of hydrogen-bond donors (Lipinski definition) is 1. The number of aromatic nitrogens is 2. The van der Waals surface area contributed by atoms with E-state index in [9.17, 15) is 0 Å². The molecule has 0 aliphatic carbocycles. The van der Waals surface area contributed by atoms with E-state index in [4.69, 9.17) is 15.2 Å². The summed E-state index contributed by atoms with van der Waals surface area (Å²) in [5.74, 6) is 1.49. The van der Waals surface area contributed by atoms with Crippen molar-refractivity contribution in [2.75, 3.05) is 7.11 Å². The molecule has 0 aliphatic rings. The minimum absolute atomic E-state index is 0.0929. The van der Waals surface area contributed by atoms with Crippen LogP contribution in [0.1, 0.15) is 24.2 Å². The fourth-order valence-corrected chi connectivity index (χ4v) is 1.83. The van der Waals surface area contributed by atoms with E-state index in [1.54, 1.807) is 11.8 Å². The summed E-state index contributed by atoms with van der Waals surface area (Å²) in [4.78, 5) is 0. The summed E-state index contributed by atoms with van der Waals surface area (Å²) in [5, 5.41) is 4.27. The van der Waals surface area contributed by atoms with Crippen molar-refractivity contribution >= 4 is 0 Å². The Kier molecular flexibility index (Phi) is 4.06. The number of aryl methyl sites for hydroxylation is 1. The summed E-state index contributed by atoms with van der Waals surface area (Å²) in [6, 6.07) is 7.49. The Labute approximate surface area is 112 Å². The molecule has 0 saturated heterocycles. The van der Waals surface area contributed by atoms with E-state index in [0.717, 1.165) is 22.8 Å². The number of nitrogens with two attached hydrogens (primary N) is 1. The topological polar surface area (TPSA) is 62.3 Å². The van der Waals surface area contributed by atoms with Crippen LogP contribution in [-0.2, 0) is 13.7 Å². The van der Waals surface area contributed by atoms with Crippen molar-refractivity contribution in [1.82, 2.24) is 9.78 Å². The van der Waals surface area contributed by atoms with Gasteiger partial charge in [0, 0.05) is 30.9 Å². The van der Waals surface area contributed by atoms with Crippen LogP contribution in [0.25, 0.3) is 0 Å². The molecule has 0 bridgehead atoms. The van der Waals surface area contributed by atoms with Crippen LogP contribution in [0, 0.1) is 0 Å². The third-order valence-corrected chi connectivity index (χ3v) is 2.86. The smallest absolute Gasteiger partial charge is 0.132 e. The van der Waals surface area contributed by atoms with Gasteiger partial charge >= 0.3 is 0 Å². The van der Waals surface area contributed by atoms with Crippen LogP contribution in [0.3, 0.4) is 0 Å². The van der Waals surface area contributed by atoms with Gasteiger partial charge in [-0.3, -0.25) is 4.68 Å². The zero-order valence-electron chi connectivity index (χ0n) is 11.5. The fraction of sp³-hybridized carbons (Fsp3) is 0.357. The first-order chi connectivity index (χ1) is 9.10. The molecule has 1 heterocycles. The van der Waals surface area contributed by atoms with Gasteiger partial charge in [0.1, 0.15) is 18.1 Å². The quantitative estimate of drug-likeness (QED) is 0.894. The average molecular weight is 261 g/mol. The maximum Gasteiger partial charge on any atom is 0.132 e. The molecule has 2 N–H and O–H groups in total. The van der Waals surface area contributed by atoms with Crippen molar-refractivity contribution in [1.29, 1.82) is 0 Å². The van der Waals surface area contributed by atoms with Crippen molar-refractivity contribution in [2.45, 2.75) is 19.6 Å². The normalized spacial score (nSPS) is 12.2. The molecule has 0 fully saturated rings. The van der Waals surface area contributed by atoms with E-state index in [-0.39, 0.29) is 6.04 Å². The van der Waals surface area contributed by atoms with Crippen LogP contribution in [0.15, 0.2) is 30.5 Å². The lowest BCUT2D eigenvalue weighted by atomic mass is 10.1. The number of nitrogens with zero attached hydrogens (tertiary/aromatic N) is 2. The summed E-state index contributed by atoms with van der Waals surface area (Å²) in [6.07, 6.45) is 1.89. The van der Waals surface area contributed by atoms with Gasteiger partial charge in [0.15, 0.2) is 0 Å². The van der Waals surface area contributed by atoms with Gasteiger partial charge in [0.25, 0.3) is 0 Å². The SMILES string of the molecule is COc1ccc([C@H](C)N)c(OCc2ccn(C)n2)c1. The maximum absolute atomic E-state index is 5.94. The van der Waals surface area contributed by atoms with E-state index in [2.05, 4.69) is 5.10 Å².